The van der Waals surface area contributed by atoms with Crippen LogP contribution in [0.3, 0.4) is 0 Å². The van der Waals surface area contributed by atoms with Gasteiger partial charge in [-0.3, -0.25) is 4.79 Å². The molecule has 1 aromatic heterocycles. The third-order valence-electron chi connectivity index (χ3n) is 3.19. The van der Waals surface area contributed by atoms with Crippen molar-refractivity contribution in [3.05, 3.63) is 64.3 Å². The van der Waals surface area contributed by atoms with Crippen molar-refractivity contribution in [3.63, 3.8) is 0 Å². The smallest absolute Gasteiger partial charge is 0.273 e. The topological polar surface area (TPSA) is 77.5 Å². The molecule has 0 fully saturated rings. The summed E-state index contributed by atoms with van der Waals surface area (Å²) in [5.74, 6) is -0.225. The first-order chi connectivity index (χ1) is 10.6. The van der Waals surface area contributed by atoms with Gasteiger partial charge in [0.05, 0.1) is 11.8 Å². The highest BCUT2D eigenvalue weighted by Gasteiger charge is 2.10. The van der Waals surface area contributed by atoms with Crippen LogP contribution in [0.5, 0.6) is 5.75 Å². The van der Waals surface area contributed by atoms with E-state index in [2.05, 4.69) is 31.4 Å². The van der Waals surface area contributed by atoms with Gasteiger partial charge >= 0.3 is 0 Å². The second-order valence-corrected chi connectivity index (χ2v) is 5.57. The fourth-order valence-electron chi connectivity index (χ4n) is 2.11. The van der Waals surface area contributed by atoms with Gasteiger partial charge in [-0.05, 0) is 24.3 Å². The van der Waals surface area contributed by atoms with E-state index in [0.717, 1.165) is 15.4 Å². The van der Waals surface area contributed by atoms with Gasteiger partial charge in [-0.25, -0.2) is 5.43 Å². The van der Waals surface area contributed by atoms with Crippen LogP contribution in [0.1, 0.15) is 15.9 Å². The van der Waals surface area contributed by atoms with E-state index in [-0.39, 0.29) is 11.7 Å². The minimum atomic E-state index is -0.316. The summed E-state index contributed by atoms with van der Waals surface area (Å²) < 4.78 is 0.815. The number of benzene rings is 2. The zero-order valence-corrected chi connectivity index (χ0v) is 13.0. The highest BCUT2D eigenvalue weighted by atomic mass is 79.9. The maximum absolute atomic E-state index is 12.1. The molecule has 3 aromatic rings. The van der Waals surface area contributed by atoms with Crippen LogP contribution in [0.4, 0.5) is 0 Å². The van der Waals surface area contributed by atoms with Gasteiger partial charge in [0, 0.05) is 27.1 Å². The molecule has 2 aromatic carbocycles. The van der Waals surface area contributed by atoms with Gasteiger partial charge < -0.3 is 10.1 Å². The Balaban J connectivity index is 1.77. The molecule has 0 aliphatic rings. The number of H-pyrrole nitrogens is 1. The molecule has 1 amide bonds. The summed E-state index contributed by atoms with van der Waals surface area (Å²) in [4.78, 5) is 15.2. The second kappa shape index (κ2) is 6.03. The molecule has 1 heterocycles. The van der Waals surface area contributed by atoms with E-state index in [1.807, 2.05) is 24.3 Å². The number of phenols is 1. The first kappa shape index (κ1) is 14.3. The molecule has 0 aliphatic carbocycles. The Morgan fingerprint density at radius 3 is 2.95 bits per heavy atom. The Morgan fingerprint density at radius 1 is 1.27 bits per heavy atom. The average molecular weight is 358 g/mol. The number of hydrogen-bond acceptors (Lipinski definition) is 3. The molecular formula is C16H12BrN3O2. The average Bonchev–Trinajstić information content (AvgIpc) is 2.94. The number of rotatable bonds is 3. The number of hydrazone groups is 1. The molecule has 0 spiro atoms. The molecule has 6 heteroatoms. The van der Waals surface area contributed by atoms with Crippen LogP contribution in [0.25, 0.3) is 10.9 Å². The highest BCUT2D eigenvalue weighted by Crippen LogP contribution is 2.20. The van der Waals surface area contributed by atoms with Gasteiger partial charge in [0.25, 0.3) is 5.91 Å². The van der Waals surface area contributed by atoms with Crippen molar-refractivity contribution < 1.29 is 9.90 Å². The third-order valence-corrected chi connectivity index (χ3v) is 3.69. The molecule has 0 aliphatic heterocycles. The Morgan fingerprint density at radius 2 is 2.09 bits per heavy atom. The molecule has 110 valence electrons. The summed E-state index contributed by atoms with van der Waals surface area (Å²) in [6, 6.07) is 12.5. The zero-order chi connectivity index (χ0) is 15.5. The van der Waals surface area contributed by atoms with Gasteiger partial charge in [-0.2, -0.15) is 5.10 Å². The first-order valence-corrected chi connectivity index (χ1v) is 7.32. The summed E-state index contributed by atoms with van der Waals surface area (Å²) in [6.45, 7) is 0. The van der Waals surface area contributed by atoms with Crippen LogP contribution in [0.2, 0.25) is 0 Å². The van der Waals surface area contributed by atoms with Crippen LogP contribution in [0, 0.1) is 0 Å². The van der Waals surface area contributed by atoms with E-state index >= 15 is 0 Å². The van der Waals surface area contributed by atoms with Crippen LogP contribution in [-0.2, 0) is 0 Å². The van der Waals surface area contributed by atoms with E-state index < -0.39 is 0 Å². The maximum atomic E-state index is 12.1. The number of phenolic OH excluding ortho intramolecular Hbond substituents is 1. The minimum absolute atomic E-state index is 0.0910. The number of hydrogen-bond donors (Lipinski definition) is 3. The predicted octanol–water partition coefficient (Wildman–Crippen LogP) is 3.40. The van der Waals surface area contributed by atoms with Gasteiger partial charge in [0.1, 0.15) is 5.75 Å². The van der Waals surface area contributed by atoms with Crippen molar-refractivity contribution in [1.29, 1.82) is 0 Å². The maximum Gasteiger partial charge on any atom is 0.273 e. The summed E-state index contributed by atoms with van der Waals surface area (Å²) in [5.41, 5.74) is 4.37. The van der Waals surface area contributed by atoms with E-state index in [0.29, 0.717) is 11.1 Å². The van der Waals surface area contributed by atoms with E-state index in [4.69, 9.17) is 0 Å². The number of aromatic nitrogens is 1. The highest BCUT2D eigenvalue weighted by molar-refractivity contribution is 9.10. The minimum Gasteiger partial charge on any atom is -0.507 e. The Labute approximate surface area is 134 Å². The number of fused-ring (bicyclic) bond motifs is 1. The van der Waals surface area contributed by atoms with Crippen molar-refractivity contribution in [3.8, 4) is 5.75 Å². The molecule has 0 saturated heterocycles. The molecule has 0 atom stereocenters. The largest absolute Gasteiger partial charge is 0.507 e. The number of carbonyl (C=O) groups excluding carboxylic acids is 1. The lowest BCUT2D eigenvalue weighted by molar-refractivity contribution is 0.0957. The fourth-order valence-corrected chi connectivity index (χ4v) is 2.49. The van der Waals surface area contributed by atoms with Crippen LogP contribution < -0.4 is 5.43 Å². The molecule has 0 saturated carbocycles. The molecule has 0 radical (unpaired) electrons. The van der Waals surface area contributed by atoms with Crippen molar-refractivity contribution in [1.82, 2.24) is 10.4 Å². The van der Waals surface area contributed by atoms with Crippen LogP contribution in [0.15, 0.2) is 58.2 Å². The molecule has 3 rings (SSSR count). The lowest BCUT2D eigenvalue weighted by Gasteiger charge is -2.00. The summed E-state index contributed by atoms with van der Waals surface area (Å²) >= 11 is 3.31. The number of nitrogens with zero attached hydrogens (tertiary/aromatic N) is 1. The van der Waals surface area contributed by atoms with Crippen molar-refractivity contribution in [2.75, 3.05) is 0 Å². The summed E-state index contributed by atoms with van der Waals surface area (Å²) in [6.07, 6.45) is 3.04. The number of aromatic hydroxyl groups is 1. The third kappa shape index (κ3) is 2.87. The van der Waals surface area contributed by atoms with Crippen molar-refractivity contribution in [2.45, 2.75) is 0 Å². The van der Waals surface area contributed by atoms with E-state index in [9.17, 15) is 9.90 Å². The quantitative estimate of drug-likeness (QED) is 0.496. The Kier molecular flexibility index (Phi) is 3.93. The van der Waals surface area contributed by atoms with Gasteiger partial charge in [0.2, 0.25) is 0 Å². The summed E-state index contributed by atoms with van der Waals surface area (Å²) in [7, 11) is 0. The van der Waals surface area contributed by atoms with Gasteiger partial charge in [0.15, 0.2) is 0 Å². The normalized spacial score (nSPS) is 11.1. The van der Waals surface area contributed by atoms with Crippen LogP contribution in [-0.4, -0.2) is 22.2 Å². The molecule has 3 N–H and O–H groups in total. The van der Waals surface area contributed by atoms with Crippen molar-refractivity contribution >= 4 is 39.0 Å². The number of para-hydroxylation sites is 1. The lowest BCUT2D eigenvalue weighted by Crippen LogP contribution is -2.17. The summed E-state index contributed by atoms with van der Waals surface area (Å²) in [5, 5.41) is 14.4. The Bertz CT molecular complexity index is 871. The van der Waals surface area contributed by atoms with Crippen LogP contribution >= 0.6 is 15.9 Å². The molecule has 22 heavy (non-hydrogen) atoms. The predicted molar refractivity (Wildman–Crippen MR) is 89.2 cm³/mol. The zero-order valence-electron chi connectivity index (χ0n) is 11.4. The number of amides is 1. The standard InChI is InChI=1S/C16H12BrN3O2/c17-11-5-6-15(21)10(7-11)8-19-20-16(22)13-9-18-14-4-2-1-3-12(13)14/h1-9,18,21H,(H,20,22)/b19-8+. The van der Waals surface area contributed by atoms with E-state index in [1.165, 1.54) is 6.21 Å². The molecule has 0 bridgehead atoms. The SMILES string of the molecule is O=C(N/N=C/c1cc(Br)ccc1O)c1c[nH]c2ccccc12. The van der Waals surface area contributed by atoms with Gasteiger partial charge in [-0.1, -0.05) is 34.1 Å². The van der Waals surface area contributed by atoms with E-state index in [1.54, 1.807) is 24.4 Å². The number of carbonyl (C=O) groups is 1. The first-order valence-electron chi connectivity index (χ1n) is 6.53. The second-order valence-electron chi connectivity index (χ2n) is 4.65. The monoisotopic (exact) mass is 357 g/mol. The Hall–Kier alpha value is -2.60. The number of halogens is 1. The molecule has 5 nitrogen and oxygen atoms in total. The molecule has 0 unspecified atom stereocenters. The fraction of sp³-hybridized carbons (Fsp3) is 0. The number of aromatic amines is 1. The van der Waals surface area contributed by atoms with Crippen molar-refractivity contribution in [2.24, 2.45) is 5.10 Å². The number of nitrogens with one attached hydrogen (secondary N) is 2. The van der Waals surface area contributed by atoms with Gasteiger partial charge in [-0.15, -0.1) is 0 Å². The lowest BCUT2D eigenvalue weighted by atomic mass is 10.2. The molecular weight excluding hydrogens is 346 g/mol.